The standard InChI is InChI=1S/C17H14N4S2/c1-10(2)20-21-17-19-13-8-7-11(9-15(13)23-17)16-18-12-5-3-4-6-14(12)22-16/h3-9H,1-2H3,(H,19,21). The number of benzene rings is 2. The third-order valence-electron chi connectivity index (χ3n) is 3.30. The third-order valence-corrected chi connectivity index (χ3v) is 5.31. The zero-order valence-electron chi connectivity index (χ0n) is 12.7. The Morgan fingerprint density at radius 3 is 2.61 bits per heavy atom. The SMILES string of the molecule is CC(C)=NNc1nc2ccc(-c3nc4ccccc4s3)cc2s1. The van der Waals surface area contributed by atoms with Gasteiger partial charge in [0.05, 0.1) is 20.4 Å². The van der Waals surface area contributed by atoms with Gasteiger partial charge in [-0.15, -0.1) is 11.3 Å². The highest BCUT2D eigenvalue weighted by Crippen LogP contribution is 2.34. The quantitative estimate of drug-likeness (QED) is 0.403. The minimum Gasteiger partial charge on any atom is -0.253 e. The summed E-state index contributed by atoms with van der Waals surface area (Å²) < 4.78 is 2.34. The Labute approximate surface area is 141 Å². The van der Waals surface area contributed by atoms with Gasteiger partial charge in [0.25, 0.3) is 0 Å². The van der Waals surface area contributed by atoms with Crippen LogP contribution in [-0.4, -0.2) is 15.7 Å². The van der Waals surface area contributed by atoms with Crippen molar-refractivity contribution in [2.45, 2.75) is 13.8 Å². The number of nitrogens with zero attached hydrogens (tertiary/aromatic N) is 3. The zero-order valence-corrected chi connectivity index (χ0v) is 14.3. The van der Waals surface area contributed by atoms with Crippen LogP contribution in [0.5, 0.6) is 0 Å². The number of rotatable bonds is 3. The van der Waals surface area contributed by atoms with Crippen molar-refractivity contribution in [1.29, 1.82) is 0 Å². The van der Waals surface area contributed by atoms with E-state index in [0.717, 1.165) is 37.1 Å². The average molecular weight is 338 g/mol. The predicted octanol–water partition coefficient (Wildman–Crippen LogP) is 5.38. The summed E-state index contributed by atoms with van der Waals surface area (Å²) in [7, 11) is 0. The molecule has 0 saturated heterocycles. The largest absolute Gasteiger partial charge is 0.253 e. The van der Waals surface area contributed by atoms with Gasteiger partial charge in [0.1, 0.15) is 5.01 Å². The maximum absolute atomic E-state index is 4.72. The van der Waals surface area contributed by atoms with E-state index in [1.54, 1.807) is 22.7 Å². The molecule has 2 aromatic carbocycles. The molecule has 6 heteroatoms. The van der Waals surface area contributed by atoms with Gasteiger partial charge in [-0.1, -0.05) is 23.5 Å². The van der Waals surface area contributed by atoms with Crippen LogP contribution in [0.2, 0.25) is 0 Å². The molecule has 0 atom stereocenters. The van der Waals surface area contributed by atoms with E-state index in [2.05, 4.69) is 33.7 Å². The first-order chi connectivity index (χ1) is 11.2. The molecular weight excluding hydrogens is 324 g/mol. The van der Waals surface area contributed by atoms with Gasteiger partial charge in [0, 0.05) is 11.3 Å². The van der Waals surface area contributed by atoms with Gasteiger partial charge >= 0.3 is 0 Å². The molecule has 0 saturated carbocycles. The van der Waals surface area contributed by atoms with E-state index in [1.165, 1.54) is 4.70 Å². The Bertz CT molecular complexity index is 992. The first kappa shape index (κ1) is 14.3. The van der Waals surface area contributed by atoms with E-state index in [4.69, 9.17) is 4.98 Å². The second-order valence-electron chi connectivity index (χ2n) is 5.36. The van der Waals surface area contributed by atoms with Crippen LogP contribution in [0, 0.1) is 0 Å². The van der Waals surface area contributed by atoms with Gasteiger partial charge in [0.15, 0.2) is 0 Å². The molecule has 0 bridgehead atoms. The Kier molecular flexibility index (Phi) is 3.55. The number of hydrogen-bond acceptors (Lipinski definition) is 6. The lowest BCUT2D eigenvalue weighted by molar-refractivity contribution is 1.29. The summed E-state index contributed by atoms with van der Waals surface area (Å²) in [5.74, 6) is 0. The van der Waals surface area contributed by atoms with Crippen LogP contribution in [0.4, 0.5) is 5.13 Å². The second kappa shape index (κ2) is 5.72. The fourth-order valence-electron chi connectivity index (χ4n) is 2.26. The number of aromatic nitrogens is 2. The van der Waals surface area contributed by atoms with Crippen molar-refractivity contribution in [2.75, 3.05) is 5.43 Å². The van der Waals surface area contributed by atoms with Crippen LogP contribution in [0.25, 0.3) is 31.0 Å². The van der Waals surface area contributed by atoms with Gasteiger partial charge in [-0.05, 0) is 44.2 Å². The number of para-hydroxylation sites is 1. The minimum absolute atomic E-state index is 0.808. The number of anilines is 1. The van der Waals surface area contributed by atoms with Gasteiger partial charge in [-0.3, -0.25) is 5.43 Å². The van der Waals surface area contributed by atoms with Crippen LogP contribution < -0.4 is 5.43 Å². The Morgan fingerprint density at radius 1 is 0.957 bits per heavy atom. The Balaban J connectivity index is 1.74. The number of fused-ring (bicyclic) bond motifs is 2. The highest BCUT2D eigenvalue weighted by Gasteiger charge is 2.09. The highest BCUT2D eigenvalue weighted by molar-refractivity contribution is 7.22. The van der Waals surface area contributed by atoms with Crippen molar-refractivity contribution in [3.05, 3.63) is 42.5 Å². The molecule has 0 aliphatic carbocycles. The molecule has 4 aromatic rings. The van der Waals surface area contributed by atoms with Gasteiger partial charge < -0.3 is 0 Å². The van der Waals surface area contributed by atoms with Crippen LogP contribution in [-0.2, 0) is 0 Å². The molecule has 114 valence electrons. The highest BCUT2D eigenvalue weighted by atomic mass is 32.1. The van der Waals surface area contributed by atoms with Crippen molar-refractivity contribution in [3.8, 4) is 10.6 Å². The predicted molar refractivity (Wildman–Crippen MR) is 101 cm³/mol. The molecule has 0 radical (unpaired) electrons. The summed E-state index contributed by atoms with van der Waals surface area (Å²) in [5.41, 5.74) is 7.12. The van der Waals surface area contributed by atoms with Crippen molar-refractivity contribution < 1.29 is 0 Å². The van der Waals surface area contributed by atoms with E-state index in [-0.39, 0.29) is 0 Å². The molecule has 0 amide bonds. The molecule has 2 aromatic heterocycles. The van der Waals surface area contributed by atoms with Crippen LogP contribution in [0.1, 0.15) is 13.8 Å². The average Bonchev–Trinajstić information content (AvgIpc) is 3.15. The molecule has 23 heavy (non-hydrogen) atoms. The summed E-state index contributed by atoms with van der Waals surface area (Å²) >= 11 is 3.32. The molecule has 0 fully saturated rings. The normalized spacial score (nSPS) is 11.0. The van der Waals surface area contributed by atoms with Gasteiger partial charge in [0.2, 0.25) is 5.13 Å². The van der Waals surface area contributed by atoms with E-state index in [9.17, 15) is 0 Å². The molecule has 4 rings (SSSR count). The van der Waals surface area contributed by atoms with Crippen LogP contribution >= 0.6 is 22.7 Å². The number of hydrogen-bond donors (Lipinski definition) is 1. The fraction of sp³-hybridized carbons (Fsp3) is 0.118. The van der Waals surface area contributed by atoms with Crippen molar-refractivity contribution in [2.24, 2.45) is 5.10 Å². The van der Waals surface area contributed by atoms with E-state index in [0.29, 0.717) is 0 Å². The smallest absolute Gasteiger partial charge is 0.204 e. The van der Waals surface area contributed by atoms with Crippen LogP contribution in [0.15, 0.2) is 47.6 Å². The Morgan fingerprint density at radius 2 is 1.78 bits per heavy atom. The lowest BCUT2D eigenvalue weighted by Gasteiger charge is -1.94. The van der Waals surface area contributed by atoms with Crippen LogP contribution in [0.3, 0.4) is 0 Å². The van der Waals surface area contributed by atoms with Crippen molar-refractivity contribution in [3.63, 3.8) is 0 Å². The number of hydrazone groups is 1. The molecular formula is C17H14N4S2. The first-order valence-corrected chi connectivity index (χ1v) is 8.86. The third kappa shape index (κ3) is 2.83. The monoisotopic (exact) mass is 338 g/mol. The van der Waals surface area contributed by atoms with Crippen molar-refractivity contribution >= 4 is 54.0 Å². The maximum atomic E-state index is 4.72. The molecule has 0 unspecified atom stereocenters. The first-order valence-electron chi connectivity index (χ1n) is 7.22. The molecule has 0 spiro atoms. The Hall–Kier alpha value is -2.31. The fourth-order valence-corrected chi connectivity index (χ4v) is 4.07. The molecule has 0 aliphatic rings. The minimum atomic E-state index is 0.808. The zero-order chi connectivity index (χ0) is 15.8. The summed E-state index contributed by atoms with van der Waals surface area (Å²) in [4.78, 5) is 9.27. The van der Waals surface area contributed by atoms with E-state index in [1.807, 2.05) is 38.1 Å². The summed E-state index contributed by atoms with van der Waals surface area (Å²) in [5, 5.41) is 6.05. The molecule has 0 aliphatic heterocycles. The number of nitrogens with one attached hydrogen (secondary N) is 1. The maximum Gasteiger partial charge on any atom is 0.204 e. The topological polar surface area (TPSA) is 50.2 Å². The van der Waals surface area contributed by atoms with E-state index >= 15 is 0 Å². The number of thiazole rings is 2. The van der Waals surface area contributed by atoms with Gasteiger partial charge in [-0.2, -0.15) is 5.10 Å². The molecule has 1 N–H and O–H groups in total. The molecule has 2 heterocycles. The van der Waals surface area contributed by atoms with Gasteiger partial charge in [-0.25, -0.2) is 9.97 Å². The lowest BCUT2D eigenvalue weighted by Crippen LogP contribution is -1.91. The lowest BCUT2D eigenvalue weighted by atomic mass is 10.2. The summed E-state index contributed by atoms with van der Waals surface area (Å²) in [6.45, 7) is 3.90. The van der Waals surface area contributed by atoms with E-state index < -0.39 is 0 Å². The summed E-state index contributed by atoms with van der Waals surface area (Å²) in [6.07, 6.45) is 0. The second-order valence-corrected chi connectivity index (χ2v) is 7.42. The summed E-state index contributed by atoms with van der Waals surface area (Å²) in [6, 6.07) is 14.5. The van der Waals surface area contributed by atoms with Crippen molar-refractivity contribution in [1.82, 2.24) is 9.97 Å². The molecule has 4 nitrogen and oxygen atoms in total.